The molecule has 80 heavy (non-hydrogen) atoms. The van der Waals surface area contributed by atoms with Crippen LogP contribution in [0.2, 0.25) is 10.3 Å². The van der Waals surface area contributed by atoms with Gasteiger partial charge in [-0.15, -0.1) is 25.6 Å². The molecular weight excluding hydrogens is 1100 g/mol. The van der Waals surface area contributed by atoms with Gasteiger partial charge in [0.2, 0.25) is 17.7 Å². The van der Waals surface area contributed by atoms with Gasteiger partial charge in [0.15, 0.2) is 0 Å². The first-order valence-corrected chi connectivity index (χ1v) is 26.4. The summed E-state index contributed by atoms with van der Waals surface area (Å²) in [6.45, 7) is 21.9. The fourth-order valence-corrected chi connectivity index (χ4v) is 9.44. The van der Waals surface area contributed by atoms with E-state index in [2.05, 4.69) is 28.4 Å². The van der Waals surface area contributed by atoms with E-state index in [-0.39, 0.29) is 84.8 Å². The molecule has 4 N–H and O–H groups in total. The summed E-state index contributed by atoms with van der Waals surface area (Å²) in [7, 11) is 3.14. The van der Waals surface area contributed by atoms with Crippen molar-refractivity contribution in [2.24, 2.45) is 17.6 Å². The fourth-order valence-electron chi connectivity index (χ4n) is 9.05. The maximum atomic E-state index is 13.6. The van der Waals surface area contributed by atoms with E-state index in [9.17, 15) is 33.9 Å². The number of methoxy groups -OCH3 is 2. The molecule has 2 aliphatic heterocycles. The number of amides is 3. The second-order valence-corrected chi connectivity index (χ2v) is 22.1. The molecule has 2 aromatic heterocycles. The molecule has 4 heterocycles. The number of carboxylic acid groups (broad SMARTS) is 1. The molecule has 436 valence electrons. The largest absolute Gasteiger partial charge is 0.497 e. The number of ether oxygens (including phenoxy) is 8. The highest BCUT2D eigenvalue weighted by Gasteiger charge is 2.62. The van der Waals surface area contributed by atoms with Crippen LogP contribution in [0, 0.1) is 11.8 Å². The van der Waals surface area contributed by atoms with E-state index in [0.29, 0.717) is 41.7 Å². The number of nitrogens with two attached hydrogens (primary N) is 1. The van der Waals surface area contributed by atoms with Crippen LogP contribution in [0.5, 0.6) is 23.3 Å². The summed E-state index contributed by atoms with van der Waals surface area (Å²) in [5.41, 5.74) is 2.22. The summed E-state index contributed by atoms with van der Waals surface area (Å²) < 4.78 is 43.7. The quantitative estimate of drug-likeness (QED) is 0.0434. The number of rotatable bonds is 15. The average Bonchev–Trinajstić information content (AvgIpc) is 4.17. The molecule has 3 amide bonds. The molecule has 0 radical (unpaired) electrons. The Morgan fingerprint density at radius 3 is 1.54 bits per heavy atom. The Labute approximate surface area is 481 Å². The number of carboxylic acids is 1. The van der Waals surface area contributed by atoms with Gasteiger partial charge >= 0.3 is 30.1 Å². The molecular formula is C56H71Cl3N6O15. The zero-order valence-corrected chi connectivity index (χ0v) is 48.8. The fraction of sp³-hybridized carbons (Fsp3) is 0.500. The summed E-state index contributed by atoms with van der Waals surface area (Å²) in [5.74, 6) is -0.736. The maximum absolute atomic E-state index is 13.6. The molecule has 2 aromatic carbocycles. The molecule has 21 nitrogen and oxygen atoms in total. The normalized spacial score (nSPS) is 23.5. The number of esters is 2. The van der Waals surface area contributed by atoms with Gasteiger partial charge in [-0.1, -0.05) is 35.4 Å². The Morgan fingerprint density at radius 1 is 0.713 bits per heavy atom. The summed E-state index contributed by atoms with van der Waals surface area (Å²) in [5, 5.41) is 15.8. The van der Waals surface area contributed by atoms with E-state index >= 15 is 0 Å². The summed E-state index contributed by atoms with van der Waals surface area (Å²) in [6, 6.07) is 12.2. The van der Waals surface area contributed by atoms with Crippen molar-refractivity contribution in [1.29, 1.82) is 0 Å². The Balaban J connectivity index is 0.000000251. The van der Waals surface area contributed by atoms with Gasteiger partial charge in [0.25, 0.3) is 0 Å². The molecule has 0 unspecified atom stereocenters. The zero-order chi connectivity index (χ0) is 58.4. The highest BCUT2D eigenvalue weighted by molar-refractivity contribution is 6.30. The highest BCUT2D eigenvalue weighted by atomic mass is 35.5. The predicted molar refractivity (Wildman–Crippen MR) is 301 cm³/mol. The predicted octanol–water partition coefficient (Wildman–Crippen LogP) is 8.89. The van der Waals surface area contributed by atoms with E-state index in [1.165, 1.54) is 9.80 Å². The van der Waals surface area contributed by atoms with E-state index < -0.39 is 76.6 Å². The number of fused-ring (bicyclic) bond motifs is 2. The summed E-state index contributed by atoms with van der Waals surface area (Å²) in [6.07, 6.45) is 2.11. The van der Waals surface area contributed by atoms with Gasteiger partial charge in [0.1, 0.15) is 68.4 Å². The molecule has 4 fully saturated rings. The monoisotopic (exact) mass is 1170 g/mol. The Kier molecular flexibility index (Phi) is 21.0. The van der Waals surface area contributed by atoms with Crippen molar-refractivity contribution in [1.82, 2.24) is 25.1 Å². The molecule has 4 aliphatic rings. The molecule has 24 heteroatoms. The third-order valence-corrected chi connectivity index (χ3v) is 13.5. The summed E-state index contributed by atoms with van der Waals surface area (Å²) >= 11 is 12.4. The van der Waals surface area contributed by atoms with Crippen LogP contribution >= 0.6 is 35.6 Å². The van der Waals surface area contributed by atoms with Crippen molar-refractivity contribution in [2.45, 2.75) is 128 Å². The first-order chi connectivity index (χ1) is 37.1. The van der Waals surface area contributed by atoms with Gasteiger partial charge in [-0.3, -0.25) is 19.4 Å². The second kappa shape index (κ2) is 26.2. The molecule has 8 rings (SSSR count). The number of nitrogens with one attached hydrogen (secondary N) is 1. The van der Waals surface area contributed by atoms with Crippen LogP contribution in [0.1, 0.15) is 81.1 Å². The number of hydrogen-bond acceptors (Lipinski definition) is 17. The minimum absolute atomic E-state index is 0. The molecule has 0 bridgehead atoms. The lowest BCUT2D eigenvalue weighted by atomic mass is 10.1. The standard InChI is InChI=1S/C28H34ClN3O7.C20H23ClN2O6.C8H13NO2.ClH/c1-7-17-14-28(17,25(34)37-8-2)31-23(33)21-13-19(15-32(21)26(35)39-27(3,4)5)38-24-20-10-9-18(36-6)11-16(20)12-22(29)30-24;1-20(2,3)29-19(26)23-10-13(9-15(23)18(24)25)28-17-14-6-5-12(27-4)7-11(14)8-16(21)22-17;1-3-6-5-8(6,9)7(10)11-4-2;/h7,9-12,17,19,21H,1,8,13-15H2,2-6H3,(H,31,33);5-8,13,15H,9-10H2,1-4H3,(H,24,25);3,6H,1,4-5,9H2,2H3;1H/t17-,19-,21+,28-;13-,15+;6-,8-;/m111./s1. The Hall–Kier alpha value is -6.81. The SMILES string of the molecule is C=C[C@@H]1C[C@]1(N)C(=O)OCC.C=C[C@@H]1C[C@]1(NC(=O)[C@@H]1C[C@@H](Oc2nc(Cl)cc3cc(OC)ccc23)CN1C(=O)OC(C)(C)C)C(=O)OCC.COc1ccc2c(O[C@@H]3C[C@@H](C(=O)O)N(C(=O)OC(C)(C)C)C3)nc(Cl)cc2c1.Cl. The van der Waals surface area contributed by atoms with E-state index in [0.717, 1.165) is 10.8 Å². The third kappa shape index (κ3) is 15.5. The van der Waals surface area contributed by atoms with Crippen molar-refractivity contribution in [3.8, 4) is 23.3 Å². The van der Waals surface area contributed by atoms with E-state index in [1.807, 2.05) is 12.1 Å². The number of likely N-dealkylation sites (tertiary alicyclic amines) is 2. The molecule has 2 saturated carbocycles. The number of nitrogens with zero attached hydrogens (tertiary/aromatic N) is 4. The molecule has 8 atom stereocenters. The van der Waals surface area contributed by atoms with Crippen molar-refractivity contribution in [3.63, 3.8) is 0 Å². The van der Waals surface area contributed by atoms with Crippen molar-refractivity contribution >= 4 is 93.2 Å². The first kappa shape index (κ1) is 64.0. The molecule has 2 saturated heterocycles. The lowest BCUT2D eigenvalue weighted by Gasteiger charge is -2.28. The lowest BCUT2D eigenvalue weighted by Crippen LogP contribution is -2.53. The smallest absolute Gasteiger partial charge is 0.411 e. The topological polar surface area (TPSA) is 267 Å². The number of carbonyl (C=O) groups excluding carboxylic acids is 5. The van der Waals surface area contributed by atoms with Gasteiger partial charge < -0.3 is 54.1 Å². The minimum Gasteiger partial charge on any atom is -0.497 e. The third-order valence-electron chi connectivity index (χ3n) is 13.2. The van der Waals surface area contributed by atoms with Crippen LogP contribution in [-0.2, 0) is 38.1 Å². The molecule has 0 spiro atoms. The Bertz CT molecular complexity index is 2970. The van der Waals surface area contributed by atoms with Crippen LogP contribution in [0.3, 0.4) is 0 Å². The van der Waals surface area contributed by atoms with Gasteiger partial charge in [-0.25, -0.2) is 29.1 Å². The van der Waals surface area contributed by atoms with Crippen LogP contribution in [-0.4, -0.2) is 148 Å². The molecule has 4 aromatic rings. The average molecular weight is 1170 g/mol. The van der Waals surface area contributed by atoms with Crippen LogP contribution in [0.15, 0.2) is 73.8 Å². The first-order valence-electron chi connectivity index (χ1n) is 25.7. The number of hydrogen-bond donors (Lipinski definition) is 3. The van der Waals surface area contributed by atoms with Gasteiger partial charge in [0.05, 0.1) is 40.5 Å². The van der Waals surface area contributed by atoms with Crippen molar-refractivity contribution in [3.05, 3.63) is 84.1 Å². The number of aromatic nitrogens is 2. The lowest BCUT2D eigenvalue weighted by molar-refractivity contribution is -0.149. The van der Waals surface area contributed by atoms with Crippen molar-refractivity contribution in [2.75, 3.05) is 40.5 Å². The van der Waals surface area contributed by atoms with Gasteiger partial charge in [-0.2, -0.15) is 0 Å². The molecule has 2 aliphatic carbocycles. The number of carbonyl (C=O) groups is 6. The number of benzene rings is 2. The number of pyridine rings is 2. The minimum atomic E-state index is -1.20. The van der Waals surface area contributed by atoms with Gasteiger partial charge in [0, 0.05) is 35.4 Å². The van der Waals surface area contributed by atoms with E-state index in [4.69, 9.17) is 66.8 Å². The highest BCUT2D eigenvalue weighted by Crippen LogP contribution is 2.46. The van der Waals surface area contributed by atoms with Crippen LogP contribution in [0.4, 0.5) is 9.59 Å². The number of aliphatic carboxylic acids is 1. The van der Waals surface area contributed by atoms with Crippen LogP contribution in [0.25, 0.3) is 21.5 Å². The maximum Gasteiger partial charge on any atom is 0.411 e. The Morgan fingerprint density at radius 2 is 1.15 bits per heavy atom. The van der Waals surface area contributed by atoms with Crippen LogP contribution < -0.4 is 30.0 Å². The van der Waals surface area contributed by atoms with Crippen molar-refractivity contribution < 1.29 is 71.8 Å². The second-order valence-electron chi connectivity index (χ2n) is 21.3. The zero-order valence-electron chi connectivity index (χ0n) is 46.5. The van der Waals surface area contributed by atoms with E-state index in [1.54, 1.807) is 118 Å². The van der Waals surface area contributed by atoms with Gasteiger partial charge in [-0.05, 0) is 128 Å². The number of halogens is 3. The summed E-state index contributed by atoms with van der Waals surface area (Å²) in [4.78, 5) is 85.7.